The van der Waals surface area contributed by atoms with Crippen LogP contribution in [0.25, 0.3) is 0 Å². The summed E-state index contributed by atoms with van der Waals surface area (Å²) in [5.41, 5.74) is 3.95. The molecule has 2 nitrogen and oxygen atoms in total. The van der Waals surface area contributed by atoms with Crippen molar-refractivity contribution in [1.82, 2.24) is 0 Å². The fourth-order valence-electron chi connectivity index (χ4n) is 1.64. The smallest absolute Gasteiger partial charge is 0.303 e. The topological polar surface area (TPSA) is 37.3 Å². The summed E-state index contributed by atoms with van der Waals surface area (Å²) in [5, 5.41) is 8.48. The maximum atomic E-state index is 10.3. The molecule has 0 saturated carbocycles. The van der Waals surface area contributed by atoms with Crippen LogP contribution in [0.3, 0.4) is 0 Å². The van der Waals surface area contributed by atoms with Gasteiger partial charge >= 0.3 is 5.97 Å². The Labute approximate surface area is 103 Å². The number of carboxylic acid groups (broad SMARTS) is 1. The van der Waals surface area contributed by atoms with Crippen molar-refractivity contribution in [2.45, 2.75) is 39.5 Å². The van der Waals surface area contributed by atoms with Crippen LogP contribution in [0.15, 0.2) is 30.4 Å². The van der Waals surface area contributed by atoms with Gasteiger partial charge in [0.15, 0.2) is 0 Å². The summed E-state index contributed by atoms with van der Waals surface area (Å²) >= 11 is 0. The molecule has 0 radical (unpaired) electrons. The minimum atomic E-state index is -0.715. The molecule has 0 saturated heterocycles. The van der Waals surface area contributed by atoms with Crippen molar-refractivity contribution < 1.29 is 9.90 Å². The third-order valence-electron chi connectivity index (χ3n) is 2.85. The fourth-order valence-corrected chi connectivity index (χ4v) is 1.64. The Morgan fingerprint density at radius 3 is 2.65 bits per heavy atom. The Bertz CT molecular complexity index is 405. The van der Waals surface area contributed by atoms with Crippen LogP contribution in [-0.2, 0) is 11.2 Å². The fraction of sp³-hybridized carbons (Fsp3) is 0.400. The van der Waals surface area contributed by atoms with E-state index in [4.69, 9.17) is 5.11 Å². The highest BCUT2D eigenvalue weighted by Crippen LogP contribution is 2.10. The van der Waals surface area contributed by atoms with Crippen molar-refractivity contribution in [2.75, 3.05) is 0 Å². The Morgan fingerprint density at radius 2 is 2.00 bits per heavy atom. The second-order valence-electron chi connectivity index (χ2n) is 4.38. The predicted octanol–water partition coefficient (Wildman–Crippen LogP) is 3.66. The van der Waals surface area contributed by atoms with Gasteiger partial charge in [-0.15, -0.1) is 0 Å². The van der Waals surface area contributed by atoms with Crippen LogP contribution in [0.4, 0.5) is 0 Å². The lowest BCUT2D eigenvalue weighted by atomic mass is 10.0. The van der Waals surface area contributed by atoms with E-state index in [2.05, 4.69) is 44.2 Å². The van der Waals surface area contributed by atoms with E-state index < -0.39 is 5.97 Å². The molecule has 0 spiro atoms. The lowest BCUT2D eigenvalue weighted by molar-refractivity contribution is -0.137. The molecule has 0 atom stereocenters. The average Bonchev–Trinajstić information content (AvgIpc) is 2.27. The normalized spacial score (nSPS) is 10.9. The van der Waals surface area contributed by atoms with Crippen molar-refractivity contribution >= 4 is 5.97 Å². The molecule has 1 aromatic carbocycles. The van der Waals surface area contributed by atoms with Crippen LogP contribution in [0.5, 0.6) is 0 Å². The third kappa shape index (κ3) is 5.34. The summed E-state index contributed by atoms with van der Waals surface area (Å²) in [6.07, 6.45) is 6.93. The number of aryl methyl sites for hydroxylation is 2. The summed E-state index contributed by atoms with van der Waals surface area (Å²) in [6, 6.07) is 6.49. The second kappa shape index (κ2) is 6.89. The molecular formula is C15H20O2. The van der Waals surface area contributed by atoms with E-state index in [0.29, 0.717) is 0 Å². The first-order valence-corrected chi connectivity index (χ1v) is 6.02. The molecule has 0 aliphatic heterocycles. The Morgan fingerprint density at radius 1 is 1.24 bits per heavy atom. The highest BCUT2D eigenvalue weighted by Gasteiger charge is 1.95. The van der Waals surface area contributed by atoms with Gasteiger partial charge in [-0.1, -0.05) is 30.4 Å². The zero-order chi connectivity index (χ0) is 12.7. The van der Waals surface area contributed by atoms with Crippen molar-refractivity contribution in [3.05, 3.63) is 47.0 Å². The molecule has 0 amide bonds. The van der Waals surface area contributed by atoms with Gasteiger partial charge in [-0.3, -0.25) is 4.79 Å². The zero-order valence-corrected chi connectivity index (χ0v) is 10.6. The zero-order valence-electron chi connectivity index (χ0n) is 10.6. The van der Waals surface area contributed by atoms with Crippen molar-refractivity contribution in [3.8, 4) is 0 Å². The van der Waals surface area contributed by atoms with Gasteiger partial charge in [0.2, 0.25) is 0 Å². The van der Waals surface area contributed by atoms with E-state index in [0.717, 1.165) is 19.3 Å². The van der Waals surface area contributed by atoms with Gasteiger partial charge < -0.3 is 5.11 Å². The lowest BCUT2D eigenvalue weighted by Crippen LogP contribution is -1.92. The van der Waals surface area contributed by atoms with E-state index in [1.165, 1.54) is 16.7 Å². The van der Waals surface area contributed by atoms with E-state index in [-0.39, 0.29) is 6.42 Å². The highest BCUT2D eigenvalue weighted by molar-refractivity contribution is 5.66. The molecule has 0 heterocycles. The Balaban J connectivity index is 2.32. The molecule has 1 rings (SSSR count). The first kappa shape index (κ1) is 13.5. The van der Waals surface area contributed by atoms with E-state index in [1.54, 1.807) is 0 Å². The second-order valence-corrected chi connectivity index (χ2v) is 4.38. The number of benzene rings is 1. The maximum absolute atomic E-state index is 10.3. The number of hydrogen-bond donors (Lipinski definition) is 1. The molecule has 0 fully saturated rings. The molecule has 1 aromatic rings. The van der Waals surface area contributed by atoms with Crippen LogP contribution >= 0.6 is 0 Å². The van der Waals surface area contributed by atoms with Crippen LogP contribution in [0, 0.1) is 13.8 Å². The van der Waals surface area contributed by atoms with E-state index in [9.17, 15) is 4.79 Å². The quantitative estimate of drug-likeness (QED) is 0.600. The Kier molecular flexibility index (Phi) is 5.47. The van der Waals surface area contributed by atoms with Gasteiger partial charge in [0.1, 0.15) is 0 Å². The van der Waals surface area contributed by atoms with Crippen molar-refractivity contribution in [2.24, 2.45) is 0 Å². The average molecular weight is 232 g/mol. The maximum Gasteiger partial charge on any atom is 0.303 e. The Hall–Kier alpha value is -1.57. The minimum Gasteiger partial charge on any atom is -0.481 e. The largest absolute Gasteiger partial charge is 0.481 e. The van der Waals surface area contributed by atoms with Gasteiger partial charge in [-0.05, 0) is 49.8 Å². The van der Waals surface area contributed by atoms with Gasteiger partial charge in [-0.2, -0.15) is 0 Å². The van der Waals surface area contributed by atoms with Crippen LogP contribution < -0.4 is 0 Å². The number of rotatable bonds is 6. The standard InChI is InChI=1S/C15H20O2/c1-12-9-10-14(11-13(12)2)7-5-3-4-6-8-15(16)17/h3,5,9-11H,4,6-8H2,1-2H3,(H,16,17)/b5-3-. The van der Waals surface area contributed by atoms with Gasteiger partial charge in [0.25, 0.3) is 0 Å². The van der Waals surface area contributed by atoms with Crippen LogP contribution in [0.1, 0.15) is 36.0 Å². The first-order valence-electron chi connectivity index (χ1n) is 6.02. The molecule has 2 heteroatoms. The van der Waals surface area contributed by atoms with Gasteiger partial charge in [0.05, 0.1) is 0 Å². The molecule has 17 heavy (non-hydrogen) atoms. The monoisotopic (exact) mass is 232 g/mol. The SMILES string of the molecule is Cc1ccc(C/C=C\CCCC(=O)O)cc1C. The molecule has 0 aliphatic rings. The van der Waals surface area contributed by atoms with Crippen LogP contribution in [-0.4, -0.2) is 11.1 Å². The number of unbranched alkanes of at least 4 members (excludes halogenated alkanes) is 1. The van der Waals surface area contributed by atoms with Crippen molar-refractivity contribution in [1.29, 1.82) is 0 Å². The van der Waals surface area contributed by atoms with E-state index >= 15 is 0 Å². The summed E-state index contributed by atoms with van der Waals surface area (Å²) in [4.78, 5) is 10.3. The number of carboxylic acids is 1. The van der Waals surface area contributed by atoms with Gasteiger partial charge in [-0.25, -0.2) is 0 Å². The summed E-state index contributed by atoms with van der Waals surface area (Å²) in [6.45, 7) is 4.23. The van der Waals surface area contributed by atoms with Crippen molar-refractivity contribution in [3.63, 3.8) is 0 Å². The lowest BCUT2D eigenvalue weighted by Gasteiger charge is -2.02. The molecule has 1 N–H and O–H groups in total. The number of allylic oxidation sites excluding steroid dienone is 2. The van der Waals surface area contributed by atoms with Gasteiger partial charge in [0, 0.05) is 6.42 Å². The van der Waals surface area contributed by atoms with Crippen LogP contribution in [0.2, 0.25) is 0 Å². The molecule has 0 bridgehead atoms. The highest BCUT2D eigenvalue weighted by atomic mass is 16.4. The number of hydrogen-bond acceptors (Lipinski definition) is 1. The molecule has 0 unspecified atom stereocenters. The molecule has 0 aromatic heterocycles. The van der Waals surface area contributed by atoms with E-state index in [1.807, 2.05) is 0 Å². The summed E-state index contributed by atoms with van der Waals surface area (Å²) < 4.78 is 0. The molecular weight excluding hydrogens is 212 g/mol. The summed E-state index contributed by atoms with van der Waals surface area (Å²) in [7, 11) is 0. The molecule has 92 valence electrons. The predicted molar refractivity (Wildman–Crippen MR) is 70.2 cm³/mol. The summed E-state index contributed by atoms with van der Waals surface area (Å²) in [5.74, 6) is -0.715. The molecule has 0 aliphatic carbocycles. The number of carbonyl (C=O) groups is 1. The minimum absolute atomic E-state index is 0.258. The first-order chi connectivity index (χ1) is 8.09. The third-order valence-corrected chi connectivity index (χ3v) is 2.85. The number of aliphatic carboxylic acids is 1.